The predicted octanol–water partition coefficient (Wildman–Crippen LogP) is 3.64. The first-order valence-electron chi connectivity index (χ1n) is 5.19. The first kappa shape index (κ1) is 15.6. The Hall–Kier alpha value is -0.830. The topological polar surface area (TPSA) is 85.1 Å². The van der Waals surface area contributed by atoms with Crippen molar-refractivity contribution in [2.24, 2.45) is 0 Å². The molecule has 0 radical (unpaired) electrons. The smallest absolute Gasteiger partial charge is 0.264 e. The van der Waals surface area contributed by atoms with Crippen molar-refractivity contribution in [1.82, 2.24) is 4.98 Å². The molecule has 1 aromatic carbocycles. The summed E-state index contributed by atoms with van der Waals surface area (Å²) in [6.45, 7) is 0. The summed E-state index contributed by atoms with van der Waals surface area (Å²) >= 11 is 12.2. The minimum atomic E-state index is -3.87. The van der Waals surface area contributed by atoms with Gasteiger partial charge in [-0.25, -0.2) is 13.4 Å². The molecule has 20 heavy (non-hydrogen) atoms. The molecule has 2 rings (SSSR count). The Morgan fingerprint density at radius 1 is 1.30 bits per heavy atom. The van der Waals surface area contributed by atoms with E-state index in [1.54, 1.807) is 12.1 Å². The van der Waals surface area contributed by atoms with Gasteiger partial charge in [0.1, 0.15) is 4.90 Å². The van der Waals surface area contributed by atoms with Crippen LogP contribution >= 0.6 is 43.5 Å². The number of halogens is 3. The van der Waals surface area contributed by atoms with Crippen LogP contribution in [0.4, 0.5) is 11.5 Å². The molecule has 1 heterocycles. The maximum absolute atomic E-state index is 12.4. The first-order valence-corrected chi connectivity index (χ1v) is 8.64. The van der Waals surface area contributed by atoms with Gasteiger partial charge in [0.05, 0.1) is 8.95 Å². The molecule has 0 aliphatic carbocycles. The number of hydrogen-bond donors (Lipinski definition) is 2. The van der Waals surface area contributed by atoms with Crippen LogP contribution in [0.2, 0.25) is 5.02 Å². The number of benzene rings is 1. The Kier molecular flexibility index (Phi) is 4.58. The molecular formula is C11H8Br2ClN3O2S. The van der Waals surface area contributed by atoms with Crippen LogP contribution in [0.15, 0.2) is 44.3 Å². The number of nitrogens with two attached hydrogens (primary N) is 1. The lowest BCUT2D eigenvalue weighted by atomic mass is 10.3. The van der Waals surface area contributed by atoms with Crippen molar-refractivity contribution < 1.29 is 8.42 Å². The van der Waals surface area contributed by atoms with E-state index in [4.69, 9.17) is 17.3 Å². The molecule has 1 aromatic heterocycles. The van der Waals surface area contributed by atoms with Crippen LogP contribution in [0.5, 0.6) is 0 Å². The monoisotopic (exact) mass is 439 g/mol. The van der Waals surface area contributed by atoms with Crippen LogP contribution in [0, 0.1) is 0 Å². The van der Waals surface area contributed by atoms with E-state index in [-0.39, 0.29) is 25.9 Å². The molecule has 0 fully saturated rings. The van der Waals surface area contributed by atoms with E-state index < -0.39 is 10.0 Å². The van der Waals surface area contributed by atoms with Gasteiger partial charge in [-0.3, -0.25) is 4.72 Å². The first-order chi connectivity index (χ1) is 9.31. The fraction of sp³-hybridized carbons (Fsp3) is 0. The highest BCUT2D eigenvalue weighted by Gasteiger charge is 2.21. The zero-order valence-electron chi connectivity index (χ0n) is 9.77. The number of hydrogen-bond acceptors (Lipinski definition) is 4. The molecule has 3 N–H and O–H groups in total. The van der Waals surface area contributed by atoms with Crippen molar-refractivity contribution in [3.8, 4) is 0 Å². The van der Waals surface area contributed by atoms with E-state index in [2.05, 4.69) is 41.6 Å². The quantitative estimate of drug-likeness (QED) is 0.712. The average Bonchev–Trinajstić information content (AvgIpc) is 2.36. The summed E-state index contributed by atoms with van der Waals surface area (Å²) in [4.78, 5) is 3.89. The lowest BCUT2D eigenvalue weighted by Crippen LogP contribution is -2.15. The van der Waals surface area contributed by atoms with Crippen molar-refractivity contribution in [2.45, 2.75) is 4.90 Å². The number of rotatable bonds is 3. The number of nitrogens with zero attached hydrogens (tertiary/aromatic N) is 1. The largest absolute Gasteiger partial charge is 0.398 e. The van der Waals surface area contributed by atoms with Crippen molar-refractivity contribution in [3.63, 3.8) is 0 Å². The van der Waals surface area contributed by atoms with Crippen molar-refractivity contribution in [1.29, 1.82) is 0 Å². The van der Waals surface area contributed by atoms with Crippen molar-refractivity contribution in [2.75, 3.05) is 10.5 Å². The van der Waals surface area contributed by atoms with Gasteiger partial charge in [0.25, 0.3) is 10.0 Å². The van der Waals surface area contributed by atoms with Crippen LogP contribution in [0.3, 0.4) is 0 Å². The standard InChI is InChI=1S/C11H8Br2ClN3O2S/c12-7-2-1-3-16-11(7)17-20(18,19)9-5-6(14)4-8(15)10(9)13/h1-5H,15H2,(H,16,17). The van der Waals surface area contributed by atoms with Gasteiger partial charge >= 0.3 is 0 Å². The van der Waals surface area contributed by atoms with E-state index in [0.717, 1.165) is 0 Å². The number of aromatic nitrogens is 1. The number of anilines is 2. The normalized spacial score (nSPS) is 11.3. The third-order valence-corrected chi connectivity index (χ3v) is 5.68. The van der Waals surface area contributed by atoms with Gasteiger partial charge in [0, 0.05) is 16.9 Å². The summed E-state index contributed by atoms with van der Waals surface area (Å²) in [5.74, 6) is 0.179. The molecule has 5 nitrogen and oxygen atoms in total. The molecule has 0 spiro atoms. The molecule has 0 saturated carbocycles. The molecule has 0 amide bonds. The molecule has 0 unspecified atom stereocenters. The van der Waals surface area contributed by atoms with Crippen LogP contribution in [-0.2, 0) is 10.0 Å². The maximum atomic E-state index is 12.4. The van der Waals surface area contributed by atoms with Gasteiger partial charge in [-0.05, 0) is 56.1 Å². The van der Waals surface area contributed by atoms with E-state index in [9.17, 15) is 8.42 Å². The van der Waals surface area contributed by atoms with Gasteiger partial charge in [-0.15, -0.1) is 0 Å². The van der Waals surface area contributed by atoms with Crippen LogP contribution in [0.1, 0.15) is 0 Å². The van der Waals surface area contributed by atoms with E-state index >= 15 is 0 Å². The zero-order chi connectivity index (χ0) is 14.9. The third-order valence-electron chi connectivity index (χ3n) is 2.31. The van der Waals surface area contributed by atoms with Crippen LogP contribution in [-0.4, -0.2) is 13.4 Å². The second-order valence-corrected chi connectivity index (χ2v) is 7.48. The number of nitrogens with one attached hydrogen (secondary N) is 1. The Bertz CT molecular complexity index is 768. The molecule has 2 aromatic rings. The van der Waals surface area contributed by atoms with Crippen LogP contribution in [0.25, 0.3) is 0 Å². The molecule has 0 atom stereocenters. The lowest BCUT2D eigenvalue weighted by molar-refractivity contribution is 0.600. The van der Waals surface area contributed by atoms with Crippen molar-refractivity contribution >= 4 is 65.0 Å². The summed E-state index contributed by atoms with van der Waals surface area (Å²) in [6.07, 6.45) is 1.48. The number of pyridine rings is 1. The molecule has 0 aliphatic heterocycles. The molecule has 106 valence electrons. The Morgan fingerprint density at radius 2 is 2.00 bits per heavy atom. The SMILES string of the molecule is Nc1cc(Cl)cc(S(=O)(=O)Nc2ncccc2Br)c1Br. The van der Waals surface area contributed by atoms with Gasteiger partial charge in [-0.1, -0.05) is 11.6 Å². The average molecular weight is 442 g/mol. The summed E-state index contributed by atoms with van der Waals surface area (Å²) in [7, 11) is -3.87. The Labute approximate surface area is 137 Å². The summed E-state index contributed by atoms with van der Waals surface area (Å²) in [5, 5.41) is 0.228. The van der Waals surface area contributed by atoms with Gasteiger partial charge in [-0.2, -0.15) is 0 Å². The molecule has 0 saturated heterocycles. The summed E-state index contributed by atoms with van der Waals surface area (Å²) < 4.78 is 27.9. The highest BCUT2D eigenvalue weighted by atomic mass is 79.9. The number of nitrogen functional groups attached to an aromatic ring is 1. The second-order valence-electron chi connectivity index (χ2n) is 3.75. The summed E-state index contributed by atoms with van der Waals surface area (Å²) in [5.41, 5.74) is 5.93. The minimum absolute atomic E-state index is 0.0555. The Morgan fingerprint density at radius 3 is 2.65 bits per heavy atom. The fourth-order valence-corrected chi connectivity index (χ4v) is 4.23. The molecular weight excluding hydrogens is 433 g/mol. The van der Waals surface area contributed by atoms with E-state index in [1.807, 2.05) is 0 Å². The predicted molar refractivity (Wildman–Crippen MR) is 86.3 cm³/mol. The molecule has 0 bridgehead atoms. The molecule has 9 heteroatoms. The Balaban J connectivity index is 2.49. The highest BCUT2D eigenvalue weighted by Crippen LogP contribution is 2.33. The minimum Gasteiger partial charge on any atom is -0.398 e. The molecule has 0 aliphatic rings. The summed E-state index contributed by atoms with van der Waals surface area (Å²) in [6, 6.07) is 6.12. The van der Waals surface area contributed by atoms with E-state index in [0.29, 0.717) is 4.47 Å². The lowest BCUT2D eigenvalue weighted by Gasteiger charge is -2.11. The van der Waals surface area contributed by atoms with Gasteiger partial charge < -0.3 is 5.73 Å². The van der Waals surface area contributed by atoms with Gasteiger partial charge in [0.15, 0.2) is 5.82 Å². The van der Waals surface area contributed by atoms with Crippen LogP contribution < -0.4 is 10.5 Å². The van der Waals surface area contributed by atoms with Crippen molar-refractivity contribution in [3.05, 3.63) is 44.4 Å². The zero-order valence-corrected chi connectivity index (χ0v) is 14.5. The third kappa shape index (κ3) is 3.25. The second kappa shape index (κ2) is 5.88. The maximum Gasteiger partial charge on any atom is 0.264 e. The number of sulfonamides is 1. The van der Waals surface area contributed by atoms with E-state index in [1.165, 1.54) is 18.3 Å². The fourth-order valence-electron chi connectivity index (χ4n) is 1.42. The van der Waals surface area contributed by atoms with Gasteiger partial charge in [0.2, 0.25) is 0 Å². The highest BCUT2D eigenvalue weighted by molar-refractivity contribution is 9.11.